The molecule has 2 rings (SSSR count). The van der Waals surface area contributed by atoms with Gasteiger partial charge in [0.2, 0.25) is 0 Å². The fraction of sp³-hybridized carbons (Fsp3) is 0.188. The number of benzene rings is 2. The highest BCUT2D eigenvalue weighted by Gasteiger charge is 2.09. The first-order chi connectivity index (χ1) is 10.2. The second-order valence-corrected chi connectivity index (χ2v) is 4.72. The normalized spacial score (nSPS) is 10.6. The van der Waals surface area contributed by atoms with E-state index in [0.717, 1.165) is 11.1 Å². The van der Waals surface area contributed by atoms with Crippen LogP contribution in [-0.2, 0) is 6.61 Å². The van der Waals surface area contributed by atoms with Gasteiger partial charge >= 0.3 is 0 Å². The van der Waals surface area contributed by atoms with Crippen molar-refractivity contribution in [2.75, 3.05) is 14.2 Å². The summed E-state index contributed by atoms with van der Waals surface area (Å²) in [7, 11) is 3.35. The van der Waals surface area contributed by atoms with Gasteiger partial charge in [-0.15, -0.1) is 0 Å². The molecule has 0 fully saturated rings. The third-order valence-electron chi connectivity index (χ3n) is 2.83. The molecular formula is C16H17ClN2O2. The number of nitrogens with zero attached hydrogens (tertiary/aromatic N) is 1. The number of halogens is 1. The van der Waals surface area contributed by atoms with Gasteiger partial charge in [0.15, 0.2) is 11.5 Å². The monoisotopic (exact) mass is 304 g/mol. The van der Waals surface area contributed by atoms with Crippen LogP contribution >= 0.6 is 11.6 Å². The van der Waals surface area contributed by atoms with E-state index in [1.807, 2.05) is 42.5 Å². The lowest BCUT2D eigenvalue weighted by Gasteiger charge is -2.13. The van der Waals surface area contributed by atoms with E-state index < -0.39 is 0 Å². The second-order valence-electron chi connectivity index (χ2n) is 4.28. The Morgan fingerprint density at radius 1 is 1.24 bits per heavy atom. The third-order valence-corrected chi connectivity index (χ3v) is 3.07. The SMILES string of the molecule is CN/N=C/c1cccc(OC)c1OCc1cccc(Cl)c1. The van der Waals surface area contributed by atoms with E-state index in [4.69, 9.17) is 21.1 Å². The molecule has 0 atom stereocenters. The van der Waals surface area contributed by atoms with Gasteiger partial charge < -0.3 is 14.9 Å². The maximum Gasteiger partial charge on any atom is 0.170 e. The van der Waals surface area contributed by atoms with Gasteiger partial charge in [-0.1, -0.05) is 29.8 Å². The summed E-state index contributed by atoms with van der Waals surface area (Å²) < 4.78 is 11.2. The average molecular weight is 305 g/mol. The first-order valence-corrected chi connectivity index (χ1v) is 6.86. The van der Waals surface area contributed by atoms with E-state index in [-0.39, 0.29) is 0 Å². The summed E-state index contributed by atoms with van der Waals surface area (Å²) in [4.78, 5) is 0. The Hall–Kier alpha value is -2.20. The molecule has 0 saturated carbocycles. The van der Waals surface area contributed by atoms with E-state index in [2.05, 4.69) is 10.5 Å². The van der Waals surface area contributed by atoms with Crippen molar-refractivity contribution in [2.24, 2.45) is 5.10 Å². The predicted octanol–water partition coefficient (Wildman–Crippen LogP) is 3.48. The number of para-hydroxylation sites is 1. The smallest absolute Gasteiger partial charge is 0.170 e. The van der Waals surface area contributed by atoms with Crippen molar-refractivity contribution in [3.63, 3.8) is 0 Å². The fourth-order valence-corrected chi connectivity index (χ4v) is 2.08. The lowest BCUT2D eigenvalue weighted by molar-refractivity contribution is 0.284. The van der Waals surface area contributed by atoms with E-state index >= 15 is 0 Å². The van der Waals surface area contributed by atoms with Crippen molar-refractivity contribution in [1.82, 2.24) is 5.43 Å². The first-order valence-electron chi connectivity index (χ1n) is 6.48. The molecule has 0 bridgehead atoms. The van der Waals surface area contributed by atoms with Crippen LogP contribution in [0, 0.1) is 0 Å². The molecule has 0 heterocycles. The Morgan fingerprint density at radius 3 is 2.76 bits per heavy atom. The van der Waals surface area contributed by atoms with Gasteiger partial charge in [-0.2, -0.15) is 5.10 Å². The topological polar surface area (TPSA) is 42.9 Å². The molecule has 2 aromatic rings. The molecule has 0 aliphatic carbocycles. The lowest BCUT2D eigenvalue weighted by atomic mass is 10.2. The molecule has 4 nitrogen and oxygen atoms in total. The van der Waals surface area contributed by atoms with Crippen molar-refractivity contribution in [1.29, 1.82) is 0 Å². The zero-order valence-corrected chi connectivity index (χ0v) is 12.7. The molecule has 0 amide bonds. The minimum atomic E-state index is 0.404. The second kappa shape index (κ2) is 7.55. The van der Waals surface area contributed by atoms with Crippen molar-refractivity contribution in [3.05, 3.63) is 58.6 Å². The predicted molar refractivity (Wildman–Crippen MR) is 85.4 cm³/mol. The number of rotatable bonds is 6. The van der Waals surface area contributed by atoms with Crippen molar-refractivity contribution < 1.29 is 9.47 Å². The van der Waals surface area contributed by atoms with Crippen LogP contribution in [-0.4, -0.2) is 20.4 Å². The lowest BCUT2D eigenvalue weighted by Crippen LogP contribution is -2.02. The Morgan fingerprint density at radius 2 is 2.05 bits per heavy atom. The zero-order chi connectivity index (χ0) is 15.1. The maximum atomic E-state index is 5.98. The highest BCUT2D eigenvalue weighted by Crippen LogP contribution is 2.31. The Bertz CT molecular complexity index is 629. The largest absolute Gasteiger partial charge is 0.493 e. The van der Waals surface area contributed by atoms with Gasteiger partial charge in [0.25, 0.3) is 0 Å². The van der Waals surface area contributed by atoms with E-state index in [9.17, 15) is 0 Å². The summed E-state index contributed by atoms with van der Waals surface area (Å²) in [6.07, 6.45) is 1.69. The molecule has 2 aromatic carbocycles. The molecule has 1 N–H and O–H groups in total. The number of methoxy groups -OCH3 is 1. The third kappa shape index (κ3) is 4.13. The zero-order valence-electron chi connectivity index (χ0n) is 12.0. The summed E-state index contributed by atoms with van der Waals surface area (Å²) in [6.45, 7) is 0.404. The van der Waals surface area contributed by atoms with Crippen LogP contribution in [0.4, 0.5) is 0 Å². The Balaban J connectivity index is 2.23. The van der Waals surface area contributed by atoms with Crippen LogP contribution < -0.4 is 14.9 Å². The Labute approximate surface area is 129 Å². The molecule has 0 radical (unpaired) electrons. The molecule has 0 saturated heterocycles. The number of hydrogen-bond donors (Lipinski definition) is 1. The maximum absolute atomic E-state index is 5.98. The van der Waals surface area contributed by atoms with Gasteiger partial charge in [-0.05, 0) is 29.8 Å². The number of nitrogens with one attached hydrogen (secondary N) is 1. The number of hydrogen-bond acceptors (Lipinski definition) is 4. The Kier molecular flexibility index (Phi) is 5.46. The summed E-state index contributed by atoms with van der Waals surface area (Å²) in [5.74, 6) is 1.32. The number of ether oxygens (including phenoxy) is 2. The summed E-state index contributed by atoms with van der Waals surface area (Å²) in [5, 5.41) is 4.70. The molecule has 0 aliphatic heterocycles. The van der Waals surface area contributed by atoms with Gasteiger partial charge in [0.1, 0.15) is 6.61 Å². The quantitative estimate of drug-likeness (QED) is 0.656. The average Bonchev–Trinajstić information content (AvgIpc) is 2.51. The molecule has 21 heavy (non-hydrogen) atoms. The van der Waals surface area contributed by atoms with Crippen LogP contribution in [0.2, 0.25) is 5.02 Å². The van der Waals surface area contributed by atoms with Crippen LogP contribution in [0.25, 0.3) is 0 Å². The van der Waals surface area contributed by atoms with Crippen LogP contribution in [0.3, 0.4) is 0 Å². The number of hydrazone groups is 1. The van der Waals surface area contributed by atoms with Gasteiger partial charge in [0.05, 0.1) is 13.3 Å². The molecular weight excluding hydrogens is 288 g/mol. The van der Waals surface area contributed by atoms with Crippen molar-refractivity contribution >= 4 is 17.8 Å². The van der Waals surface area contributed by atoms with E-state index in [1.165, 1.54) is 0 Å². The highest BCUT2D eigenvalue weighted by atomic mass is 35.5. The van der Waals surface area contributed by atoms with E-state index in [0.29, 0.717) is 23.1 Å². The summed E-state index contributed by atoms with van der Waals surface area (Å²) in [6, 6.07) is 13.2. The molecule has 0 unspecified atom stereocenters. The van der Waals surface area contributed by atoms with E-state index in [1.54, 1.807) is 20.4 Å². The summed E-state index contributed by atoms with van der Waals surface area (Å²) >= 11 is 5.98. The van der Waals surface area contributed by atoms with Crippen molar-refractivity contribution in [3.8, 4) is 11.5 Å². The van der Waals surface area contributed by atoms with Crippen LogP contribution in [0.5, 0.6) is 11.5 Å². The van der Waals surface area contributed by atoms with Crippen LogP contribution in [0.1, 0.15) is 11.1 Å². The highest BCUT2D eigenvalue weighted by molar-refractivity contribution is 6.30. The molecule has 0 aliphatic rings. The minimum Gasteiger partial charge on any atom is -0.493 e. The fourth-order valence-electron chi connectivity index (χ4n) is 1.87. The summed E-state index contributed by atoms with van der Waals surface area (Å²) in [5.41, 5.74) is 4.55. The molecule has 0 aromatic heterocycles. The van der Waals surface area contributed by atoms with Gasteiger partial charge in [0, 0.05) is 17.6 Å². The molecule has 110 valence electrons. The van der Waals surface area contributed by atoms with Gasteiger partial charge in [-0.25, -0.2) is 0 Å². The van der Waals surface area contributed by atoms with Crippen LogP contribution in [0.15, 0.2) is 47.6 Å². The standard InChI is InChI=1S/C16H17ClN2O2/c1-18-19-10-13-6-4-8-15(20-2)16(13)21-11-12-5-3-7-14(17)9-12/h3-10,18H,11H2,1-2H3/b19-10+. The van der Waals surface area contributed by atoms with Crippen molar-refractivity contribution in [2.45, 2.75) is 6.61 Å². The first kappa shape index (κ1) is 15.2. The molecule has 5 heteroatoms. The molecule has 0 spiro atoms. The van der Waals surface area contributed by atoms with Gasteiger partial charge in [-0.3, -0.25) is 0 Å². The minimum absolute atomic E-state index is 0.404.